The highest BCUT2D eigenvalue weighted by molar-refractivity contribution is 5.76. The molecule has 0 aliphatic rings. The number of halogens is 4. The van der Waals surface area contributed by atoms with Crippen LogP contribution in [-0.4, -0.2) is 22.3 Å². The second-order valence-corrected chi connectivity index (χ2v) is 6.36. The first-order valence-electron chi connectivity index (χ1n) is 8.58. The molecule has 3 rings (SSSR count). The summed E-state index contributed by atoms with van der Waals surface area (Å²) in [5.41, 5.74) is 1.74. The molecule has 0 amide bonds. The summed E-state index contributed by atoms with van der Waals surface area (Å²) in [6.45, 7) is 3.82. The maximum absolute atomic E-state index is 14.1. The summed E-state index contributed by atoms with van der Waals surface area (Å²) >= 11 is 0. The van der Waals surface area contributed by atoms with Gasteiger partial charge < -0.3 is 14.0 Å². The Kier molecular flexibility index (Phi) is 5.90. The summed E-state index contributed by atoms with van der Waals surface area (Å²) in [6, 6.07) is 9.87. The fourth-order valence-electron chi connectivity index (χ4n) is 2.21. The average Bonchev–Trinajstić information content (AvgIpc) is 3.17. The van der Waals surface area contributed by atoms with Gasteiger partial charge in [0.05, 0.1) is 0 Å². The Hall–Kier alpha value is -3.63. The van der Waals surface area contributed by atoms with Crippen LogP contribution in [0.15, 0.2) is 46.9 Å². The number of ether oxygens (including phenoxy) is 1. The minimum Gasteiger partial charge on any atom is -0.457 e. The number of carbonyl (C=O) groups is 1. The second-order valence-electron chi connectivity index (χ2n) is 6.36. The Morgan fingerprint density at radius 2 is 1.83 bits per heavy atom. The van der Waals surface area contributed by atoms with Crippen LogP contribution in [0.3, 0.4) is 0 Å². The van der Waals surface area contributed by atoms with Crippen molar-refractivity contribution in [3.05, 3.63) is 54.2 Å². The zero-order chi connectivity index (χ0) is 21.9. The lowest BCUT2D eigenvalue weighted by Gasteiger charge is -2.11. The van der Waals surface area contributed by atoms with E-state index in [1.54, 1.807) is 29.7 Å². The van der Waals surface area contributed by atoms with Gasteiger partial charge >= 0.3 is 12.1 Å². The zero-order valence-electron chi connectivity index (χ0n) is 15.7. The first-order valence-corrected chi connectivity index (χ1v) is 8.58. The number of hydrogen-bond donors (Lipinski definition) is 1. The highest BCUT2D eigenvalue weighted by Crippen LogP contribution is 2.29. The van der Waals surface area contributed by atoms with Crippen LogP contribution in [0.4, 0.5) is 23.2 Å². The lowest BCUT2D eigenvalue weighted by atomic mass is 10.2. The van der Waals surface area contributed by atoms with Gasteiger partial charge in [0.1, 0.15) is 17.2 Å². The van der Waals surface area contributed by atoms with E-state index in [4.69, 9.17) is 9.15 Å². The van der Waals surface area contributed by atoms with E-state index in [9.17, 15) is 22.4 Å². The third kappa shape index (κ3) is 5.04. The molecule has 7 nitrogen and oxygen atoms in total. The van der Waals surface area contributed by atoms with E-state index in [0.717, 1.165) is 12.1 Å². The van der Waals surface area contributed by atoms with E-state index in [2.05, 4.69) is 15.0 Å². The first-order chi connectivity index (χ1) is 14.1. The van der Waals surface area contributed by atoms with Gasteiger partial charge in [-0.05, 0) is 30.3 Å². The van der Waals surface area contributed by atoms with Crippen molar-refractivity contribution in [3.63, 3.8) is 0 Å². The molecule has 158 valence electrons. The van der Waals surface area contributed by atoms with Crippen molar-refractivity contribution >= 4 is 11.7 Å². The maximum atomic E-state index is 14.1. The van der Waals surface area contributed by atoms with Crippen LogP contribution in [0.5, 0.6) is 11.5 Å². The van der Waals surface area contributed by atoms with Gasteiger partial charge in [0.15, 0.2) is 5.82 Å². The van der Waals surface area contributed by atoms with Gasteiger partial charge in [0.25, 0.3) is 0 Å². The van der Waals surface area contributed by atoms with Crippen LogP contribution < -0.4 is 10.2 Å². The molecule has 0 aliphatic carbocycles. The minimum atomic E-state index is -5.20. The van der Waals surface area contributed by atoms with Crippen molar-refractivity contribution in [1.29, 1.82) is 0 Å². The Morgan fingerprint density at radius 1 is 1.10 bits per heavy atom. The molecule has 2 aromatic carbocycles. The van der Waals surface area contributed by atoms with Crippen molar-refractivity contribution in [2.75, 3.05) is 5.48 Å². The number of hydrogen-bond acceptors (Lipinski definition) is 7. The molecular formula is C19H15F4N3O4. The van der Waals surface area contributed by atoms with E-state index in [1.807, 2.05) is 13.8 Å². The van der Waals surface area contributed by atoms with Gasteiger partial charge in [-0.25, -0.2) is 14.7 Å². The van der Waals surface area contributed by atoms with Crippen molar-refractivity contribution < 1.29 is 36.3 Å². The van der Waals surface area contributed by atoms with E-state index < -0.39 is 23.7 Å². The van der Waals surface area contributed by atoms with Crippen LogP contribution in [0.25, 0.3) is 11.5 Å². The predicted octanol–water partition coefficient (Wildman–Crippen LogP) is 5.22. The molecule has 0 bridgehead atoms. The van der Waals surface area contributed by atoms with Gasteiger partial charge in [0, 0.05) is 17.5 Å². The molecule has 0 saturated heterocycles. The summed E-state index contributed by atoms with van der Waals surface area (Å²) in [6.07, 6.45) is -5.20. The van der Waals surface area contributed by atoms with Crippen LogP contribution in [0.2, 0.25) is 0 Å². The number of benzene rings is 2. The molecule has 11 heteroatoms. The highest BCUT2D eigenvalue weighted by atomic mass is 19.4. The number of rotatable bonds is 6. The molecule has 1 N–H and O–H groups in total. The molecule has 0 unspecified atom stereocenters. The van der Waals surface area contributed by atoms with E-state index in [0.29, 0.717) is 23.1 Å². The van der Waals surface area contributed by atoms with Crippen molar-refractivity contribution in [3.8, 4) is 23.0 Å². The minimum absolute atomic E-state index is 0.0609. The SMILES string of the molecule is CC(C)c1nnc(-c2cccc(Oc3ccc(NOC(=O)C(F)(F)F)c(F)c3)c2)o1. The van der Waals surface area contributed by atoms with Crippen LogP contribution in [0, 0.1) is 5.82 Å². The third-order valence-electron chi connectivity index (χ3n) is 3.68. The molecule has 1 heterocycles. The Balaban J connectivity index is 1.70. The molecule has 0 spiro atoms. The molecule has 0 atom stereocenters. The first kappa shape index (κ1) is 21.1. The van der Waals surface area contributed by atoms with Gasteiger partial charge in [-0.1, -0.05) is 19.9 Å². The Morgan fingerprint density at radius 3 is 2.47 bits per heavy atom. The lowest BCUT2D eigenvalue weighted by molar-refractivity contribution is -0.196. The fourth-order valence-corrected chi connectivity index (χ4v) is 2.21. The van der Waals surface area contributed by atoms with Crippen molar-refractivity contribution in [1.82, 2.24) is 10.2 Å². The number of anilines is 1. The van der Waals surface area contributed by atoms with E-state index >= 15 is 0 Å². The van der Waals surface area contributed by atoms with Crippen LogP contribution in [-0.2, 0) is 9.63 Å². The molecular weight excluding hydrogens is 410 g/mol. The second kappa shape index (κ2) is 8.39. The zero-order valence-corrected chi connectivity index (χ0v) is 15.7. The summed E-state index contributed by atoms with van der Waals surface area (Å²) < 4.78 is 61.5. The summed E-state index contributed by atoms with van der Waals surface area (Å²) in [5, 5.41) is 7.92. The van der Waals surface area contributed by atoms with Crippen LogP contribution in [0.1, 0.15) is 25.7 Å². The molecule has 3 aromatic rings. The number of alkyl halides is 3. The number of nitrogens with zero attached hydrogens (tertiary/aromatic N) is 2. The molecule has 30 heavy (non-hydrogen) atoms. The monoisotopic (exact) mass is 425 g/mol. The normalized spacial score (nSPS) is 11.4. The number of carbonyl (C=O) groups excluding carboxylic acids is 1. The predicted molar refractivity (Wildman–Crippen MR) is 96.1 cm³/mol. The fraction of sp³-hybridized carbons (Fsp3) is 0.211. The number of nitrogens with one attached hydrogen (secondary N) is 1. The summed E-state index contributed by atoms with van der Waals surface area (Å²) in [5.74, 6) is -2.26. The topological polar surface area (TPSA) is 86.5 Å². The van der Waals surface area contributed by atoms with Crippen molar-refractivity contribution in [2.45, 2.75) is 25.9 Å². The van der Waals surface area contributed by atoms with E-state index in [-0.39, 0.29) is 11.7 Å². The van der Waals surface area contributed by atoms with Crippen LogP contribution >= 0.6 is 0 Å². The number of aromatic nitrogens is 2. The van der Waals surface area contributed by atoms with Crippen molar-refractivity contribution in [2.24, 2.45) is 0 Å². The molecule has 0 fully saturated rings. The smallest absolute Gasteiger partial charge is 0.457 e. The van der Waals surface area contributed by atoms with E-state index in [1.165, 1.54) is 6.07 Å². The van der Waals surface area contributed by atoms with Gasteiger partial charge in [-0.2, -0.15) is 13.2 Å². The lowest BCUT2D eigenvalue weighted by Crippen LogP contribution is -2.27. The third-order valence-corrected chi connectivity index (χ3v) is 3.68. The Bertz CT molecular complexity index is 1050. The van der Waals surface area contributed by atoms with Gasteiger partial charge in [-0.3, -0.25) is 0 Å². The van der Waals surface area contributed by atoms with Gasteiger partial charge in [-0.15, -0.1) is 10.2 Å². The maximum Gasteiger partial charge on any atom is 0.493 e. The van der Waals surface area contributed by atoms with Gasteiger partial charge in [0.2, 0.25) is 11.8 Å². The Labute approximate surface area is 167 Å². The average molecular weight is 425 g/mol. The summed E-state index contributed by atoms with van der Waals surface area (Å²) in [4.78, 5) is 14.5. The largest absolute Gasteiger partial charge is 0.493 e. The standard InChI is InChI=1S/C19H15F4N3O4/c1-10(2)16-24-25-17(29-16)11-4-3-5-12(8-11)28-13-6-7-15(14(20)9-13)26-30-18(27)19(21,22)23/h3-10,26H,1-2H3. The highest BCUT2D eigenvalue weighted by Gasteiger charge is 2.41. The molecule has 0 aliphatic heterocycles. The summed E-state index contributed by atoms with van der Waals surface area (Å²) in [7, 11) is 0. The molecule has 0 radical (unpaired) electrons. The molecule has 0 saturated carbocycles. The molecule has 1 aromatic heterocycles. The quantitative estimate of drug-likeness (QED) is 0.428.